The van der Waals surface area contributed by atoms with Crippen LogP contribution >= 0.6 is 0 Å². The van der Waals surface area contributed by atoms with E-state index < -0.39 is 0 Å². The summed E-state index contributed by atoms with van der Waals surface area (Å²) in [5.74, 6) is 1.30. The highest BCUT2D eigenvalue weighted by Gasteiger charge is 2.20. The molecule has 1 atom stereocenters. The average molecular weight is 188 g/mol. The largest absolute Gasteiger partial charge is 0.480 e. The van der Waals surface area contributed by atoms with Crippen molar-refractivity contribution in [3.05, 3.63) is 36.9 Å². The molecule has 1 aliphatic rings. The number of amidine groups is 1. The first-order chi connectivity index (χ1) is 6.81. The van der Waals surface area contributed by atoms with Crippen LogP contribution in [-0.2, 0) is 0 Å². The number of aliphatic imine (C=N–C) groups is 1. The number of para-hydroxylation sites is 2. The van der Waals surface area contributed by atoms with Gasteiger partial charge < -0.3 is 10.5 Å². The Bertz CT molecular complexity index is 385. The van der Waals surface area contributed by atoms with Gasteiger partial charge in [0.15, 0.2) is 6.10 Å². The molecule has 3 nitrogen and oxygen atoms in total. The van der Waals surface area contributed by atoms with E-state index in [0.29, 0.717) is 12.3 Å². The van der Waals surface area contributed by atoms with Crippen LogP contribution < -0.4 is 10.5 Å². The molecular formula is C11H12N2O. The Balaban J connectivity index is 2.33. The first-order valence-corrected chi connectivity index (χ1v) is 4.52. The lowest BCUT2D eigenvalue weighted by Gasteiger charge is -2.22. The second kappa shape index (κ2) is 3.54. The predicted octanol–water partition coefficient (Wildman–Crippen LogP) is 2.01. The zero-order valence-corrected chi connectivity index (χ0v) is 7.81. The molecule has 0 aromatic heterocycles. The van der Waals surface area contributed by atoms with E-state index in [-0.39, 0.29) is 6.10 Å². The van der Waals surface area contributed by atoms with E-state index in [9.17, 15) is 0 Å². The fraction of sp³-hybridized carbons (Fsp3) is 0.182. The Morgan fingerprint density at radius 2 is 2.29 bits per heavy atom. The van der Waals surface area contributed by atoms with Crippen LogP contribution in [0.25, 0.3) is 0 Å². The van der Waals surface area contributed by atoms with Crippen molar-refractivity contribution < 1.29 is 4.74 Å². The van der Waals surface area contributed by atoms with Crippen LogP contribution in [-0.4, -0.2) is 11.9 Å². The monoisotopic (exact) mass is 188 g/mol. The minimum Gasteiger partial charge on any atom is -0.480 e. The zero-order valence-electron chi connectivity index (χ0n) is 7.81. The highest BCUT2D eigenvalue weighted by Crippen LogP contribution is 2.31. The van der Waals surface area contributed by atoms with E-state index >= 15 is 0 Å². The Morgan fingerprint density at radius 3 is 3.07 bits per heavy atom. The molecule has 1 aromatic carbocycles. The Kier molecular flexibility index (Phi) is 2.23. The molecule has 2 N–H and O–H groups in total. The summed E-state index contributed by atoms with van der Waals surface area (Å²) in [6.07, 6.45) is 2.30. The van der Waals surface area contributed by atoms with E-state index in [1.54, 1.807) is 6.08 Å². The van der Waals surface area contributed by atoms with Crippen LogP contribution in [0.2, 0.25) is 0 Å². The van der Waals surface area contributed by atoms with Crippen molar-refractivity contribution >= 4 is 11.5 Å². The highest BCUT2D eigenvalue weighted by molar-refractivity contribution is 5.90. The van der Waals surface area contributed by atoms with Gasteiger partial charge in [-0.1, -0.05) is 18.2 Å². The number of hydrogen-bond donors (Lipinski definition) is 1. The summed E-state index contributed by atoms with van der Waals surface area (Å²) >= 11 is 0. The lowest BCUT2D eigenvalue weighted by atomic mass is 10.2. The van der Waals surface area contributed by atoms with E-state index in [1.165, 1.54) is 0 Å². The lowest BCUT2D eigenvalue weighted by Crippen LogP contribution is -2.35. The van der Waals surface area contributed by atoms with Crippen molar-refractivity contribution in [2.45, 2.75) is 12.5 Å². The van der Waals surface area contributed by atoms with Crippen molar-refractivity contribution in [1.82, 2.24) is 0 Å². The average Bonchev–Trinajstić information content (AvgIpc) is 2.19. The van der Waals surface area contributed by atoms with E-state index in [4.69, 9.17) is 10.5 Å². The second-order valence-electron chi connectivity index (χ2n) is 3.14. The smallest absolute Gasteiger partial charge is 0.159 e. The molecule has 0 saturated carbocycles. The zero-order chi connectivity index (χ0) is 9.97. The van der Waals surface area contributed by atoms with E-state index in [0.717, 1.165) is 11.4 Å². The number of nitrogens with zero attached hydrogens (tertiary/aromatic N) is 1. The van der Waals surface area contributed by atoms with Crippen molar-refractivity contribution in [3.8, 4) is 5.75 Å². The SMILES string of the molecule is C=CCC1Oc2ccccc2N=C1N. The summed E-state index contributed by atoms with van der Waals surface area (Å²) in [4.78, 5) is 4.27. The molecule has 0 amide bonds. The van der Waals surface area contributed by atoms with Gasteiger partial charge in [-0.3, -0.25) is 0 Å². The maximum Gasteiger partial charge on any atom is 0.159 e. The molecule has 2 rings (SSSR count). The van der Waals surface area contributed by atoms with Gasteiger partial charge in [0, 0.05) is 6.42 Å². The fourth-order valence-corrected chi connectivity index (χ4v) is 1.39. The Labute approximate surface area is 82.9 Å². The highest BCUT2D eigenvalue weighted by atomic mass is 16.5. The van der Waals surface area contributed by atoms with Crippen LogP contribution in [0.5, 0.6) is 5.75 Å². The molecule has 0 bridgehead atoms. The molecule has 0 saturated heterocycles. The first kappa shape index (κ1) is 8.81. The number of rotatable bonds is 2. The third kappa shape index (κ3) is 1.48. The molecule has 3 heteroatoms. The number of nitrogens with two attached hydrogens (primary N) is 1. The van der Waals surface area contributed by atoms with Gasteiger partial charge in [-0.15, -0.1) is 6.58 Å². The number of hydrogen-bond acceptors (Lipinski definition) is 3. The standard InChI is InChI=1S/C11H12N2O/c1-2-5-10-11(12)13-8-6-3-4-7-9(8)14-10/h2-4,6-7,10H,1,5H2,(H2,12,13). The number of ether oxygens (including phenoxy) is 1. The molecule has 1 aliphatic heterocycles. The minimum absolute atomic E-state index is 0.164. The van der Waals surface area contributed by atoms with Crippen LogP contribution in [0.15, 0.2) is 41.9 Å². The molecule has 14 heavy (non-hydrogen) atoms. The summed E-state index contributed by atoms with van der Waals surface area (Å²) in [5.41, 5.74) is 6.55. The third-order valence-electron chi connectivity index (χ3n) is 2.09. The van der Waals surface area contributed by atoms with Crippen LogP contribution in [0.4, 0.5) is 5.69 Å². The molecule has 72 valence electrons. The molecule has 0 spiro atoms. The summed E-state index contributed by atoms with van der Waals surface area (Å²) in [5, 5.41) is 0. The Morgan fingerprint density at radius 1 is 1.50 bits per heavy atom. The summed E-state index contributed by atoms with van der Waals surface area (Å²) in [7, 11) is 0. The minimum atomic E-state index is -0.164. The van der Waals surface area contributed by atoms with Crippen molar-refractivity contribution in [3.63, 3.8) is 0 Å². The van der Waals surface area contributed by atoms with Gasteiger partial charge >= 0.3 is 0 Å². The molecule has 1 unspecified atom stereocenters. The second-order valence-corrected chi connectivity index (χ2v) is 3.14. The first-order valence-electron chi connectivity index (χ1n) is 4.52. The van der Waals surface area contributed by atoms with Gasteiger partial charge in [-0.2, -0.15) is 0 Å². The molecule has 1 aromatic rings. The van der Waals surface area contributed by atoms with Crippen LogP contribution in [0, 0.1) is 0 Å². The quantitative estimate of drug-likeness (QED) is 0.722. The Hall–Kier alpha value is -1.77. The molecule has 0 aliphatic carbocycles. The number of fused-ring (bicyclic) bond motifs is 1. The van der Waals surface area contributed by atoms with Gasteiger partial charge in [-0.05, 0) is 12.1 Å². The summed E-state index contributed by atoms with van der Waals surface area (Å²) in [6, 6.07) is 7.60. The maximum absolute atomic E-state index is 5.76. The maximum atomic E-state index is 5.76. The van der Waals surface area contributed by atoms with Crippen LogP contribution in [0.1, 0.15) is 6.42 Å². The fourth-order valence-electron chi connectivity index (χ4n) is 1.39. The summed E-state index contributed by atoms with van der Waals surface area (Å²) < 4.78 is 5.66. The molecule has 1 heterocycles. The van der Waals surface area contributed by atoms with Gasteiger partial charge in [-0.25, -0.2) is 4.99 Å². The van der Waals surface area contributed by atoms with Crippen molar-refractivity contribution in [1.29, 1.82) is 0 Å². The molecular weight excluding hydrogens is 176 g/mol. The van der Waals surface area contributed by atoms with Gasteiger partial charge in [0.2, 0.25) is 0 Å². The van der Waals surface area contributed by atoms with Crippen molar-refractivity contribution in [2.24, 2.45) is 10.7 Å². The molecule has 0 radical (unpaired) electrons. The number of benzene rings is 1. The normalized spacial score (nSPS) is 19.1. The van der Waals surface area contributed by atoms with E-state index in [2.05, 4.69) is 11.6 Å². The van der Waals surface area contributed by atoms with Crippen molar-refractivity contribution in [2.75, 3.05) is 0 Å². The van der Waals surface area contributed by atoms with Gasteiger partial charge in [0.05, 0.1) is 0 Å². The third-order valence-corrected chi connectivity index (χ3v) is 2.09. The van der Waals surface area contributed by atoms with Gasteiger partial charge in [0.1, 0.15) is 17.3 Å². The lowest BCUT2D eigenvalue weighted by molar-refractivity contribution is 0.265. The van der Waals surface area contributed by atoms with Crippen LogP contribution in [0.3, 0.4) is 0 Å². The summed E-state index contributed by atoms with van der Waals surface area (Å²) in [6.45, 7) is 3.65. The van der Waals surface area contributed by atoms with Gasteiger partial charge in [0.25, 0.3) is 0 Å². The van der Waals surface area contributed by atoms with E-state index in [1.807, 2.05) is 24.3 Å². The predicted molar refractivity (Wildman–Crippen MR) is 57.0 cm³/mol. The topological polar surface area (TPSA) is 47.6 Å². The molecule has 0 fully saturated rings.